The highest BCUT2D eigenvalue weighted by Crippen LogP contribution is 2.28. The predicted molar refractivity (Wildman–Crippen MR) is 104 cm³/mol. The molecule has 1 aromatic heterocycles. The number of carbonyl (C=O) groups excluding carboxylic acids is 1. The van der Waals surface area contributed by atoms with Crippen molar-refractivity contribution in [3.8, 4) is 17.2 Å². The van der Waals surface area contributed by atoms with Crippen LogP contribution < -0.4 is 10.1 Å². The number of halogens is 1. The second kappa shape index (κ2) is 8.72. The molecule has 1 heterocycles. The standard InChI is InChI=1S/C17H13ClN4O5S/c1-26-12-5-2-10(3-6-12)16-20-21-17(27-16)28-9-15(23)19-14-8-11(22(24)25)4-7-13(14)18/h2-8H,9H2,1H3,(H,19,23). The van der Waals surface area contributed by atoms with E-state index >= 15 is 0 Å². The largest absolute Gasteiger partial charge is 0.497 e. The van der Waals surface area contributed by atoms with Crippen molar-refractivity contribution in [1.29, 1.82) is 0 Å². The molecule has 11 heteroatoms. The molecule has 1 N–H and O–H groups in total. The van der Waals surface area contributed by atoms with Crippen molar-refractivity contribution in [3.05, 3.63) is 57.6 Å². The second-order valence-corrected chi connectivity index (χ2v) is 6.69. The fraction of sp³-hybridized carbons (Fsp3) is 0.118. The molecule has 0 atom stereocenters. The number of amides is 1. The summed E-state index contributed by atoms with van der Waals surface area (Å²) in [5.74, 6) is 0.557. The van der Waals surface area contributed by atoms with E-state index in [2.05, 4.69) is 15.5 Å². The quantitative estimate of drug-likeness (QED) is 0.345. The first-order valence-corrected chi connectivity index (χ1v) is 9.17. The van der Waals surface area contributed by atoms with Crippen LogP contribution in [0, 0.1) is 10.1 Å². The summed E-state index contributed by atoms with van der Waals surface area (Å²) in [7, 11) is 1.57. The number of non-ortho nitro benzene ring substituents is 1. The van der Waals surface area contributed by atoms with Gasteiger partial charge in [0.2, 0.25) is 11.8 Å². The summed E-state index contributed by atoms with van der Waals surface area (Å²) in [6.07, 6.45) is 0. The number of hydrogen-bond acceptors (Lipinski definition) is 8. The van der Waals surface area contributed by atoms with Gasteiger partial charge in [-0.3, -0.25) is 14.9 Å². The fourth-order valence-corrected chi connectivity index (χ4v) is 2.88. The van der Waals surface area contributed by atoms with Gasteiger partial charge in [-0.25, -0.2) is 0 Å². The fourth-order valence-electron chi connectivity index (χ4n) is 2.15. The highest BCUT2D eigenvalue weighted by molar-refractivity contribution is 7.99. The number of nitrogens with zero attached hydrogens (tertiary/aromatic N) is 3. The summed E-state index contributed by atoms with van der Waals surface area (Å²) in [6.45, 7) is 0. The Hall–Kier alpha value is -3.11. The number of aromatic nitrogens is 2. The molecule has 0 bridgehead atoms. The average molecular weight is 421 g/mol. The summed E-state index contributed by atoms with van der Waals surface area (Å²) in [5, 5.41) is 21.6. The Labute approximate surface area is 168 Å². The summed E-state index contributed by atoms with van der Waals surface area (Å²) < 4.78 is 10.6. The number of nitro groups is 1. The number of hydrogen-bond donors (Lipinski definition) is 1. The van der Waals surface area contributed by atoms with Crippen molar-refractivity contribution < 1.29 is 18.9 Å². The molecule has 144 valence electrons. The Morgan fingerprint density at radius 3 is 2.71 bits per heavy atom. The van der Waals surface area contributed by atoms with Crippen molar-refractivity contribution in [1.82, 2.24) is 10.2 Å². The van der Waals surface area contributed by atoms with E-state index in [1.54, 1.807) is 31.4 Å². The van der Waals surface area contributed by atoms with Gasteiger partial charge in [0, 0.05) is 17.7 Å². The van der Waals surface area contributed by atoms with E-state index in [9.17, 15) is 14.9 Å². The van der Waals surface area contributed by atoms with Crippen molar-refractivity contribution in [3.63, 3.8) is 0 Å². The zero-order valence-electron chi connectivity index (χ0n) is 14.4. The van der Waals surface area contributed by atoms with E-state index in [-0.39, 0.29) is 27.4 Å². The molecule has 3 aromatic rings. The third-order valence-corrected chi connectivity index (χ3v) is 4.65. The lowest BCUT2D eigenvalue weighted by molar-refractivity contribution is -0.384. The van der Waals surface area contributed by atoms with Crippen molar-refractivity contribution in [2.75, 3.05) is 18.2 Å². The van der Waals surface area contributed by atoms with E-state index in [4.69, 9.17) is 20.8 Å². The maximum Gasteiger partial charge on any atom is 0.277 e. The van der Waals surface area contributed by atoms with E-state index < -0.39 is 10.8 Å². The van der Waals surface area contributed by atoms with Crippen LogP contribution in [0.25, 0.3) is 11.5 Å². The number of thioether (sulfide) groups is 1. The zero-order valence-corrected chi connectivity index (χ0v) is 16.0. The second-order valence-electron chi connectivity index (χ2n) is 5.36. The minimum atomic E-state index is -0.570. The molecule has 1 amide bonds. The van der Waals surface area contributed by atoms with Crippen molar-refractivity contribution in [2.24, 2.45) is 0 Å². The molecular weight excluding hydrogens is 408 g/mol. The molecule has 0 saturated carbocycles. The van der Waals surface area contributed by atoms with E-state index in [0.717, 1.165) is 11.8 Å². The van der Waals surface area contributed by atoms with Crippen molar-refractivity contribution in [2.45, 2.75) is 5.22 Å². The SMILES string of the molecule is COc1ccc(-c2nnc(SCC(=O)Nc3cc([N+](=O)[O-])ccc3Cl)o2)cc1. The van der Waals surface area contributed by atoms with Gasteiger partial charge in [-0.15, -0.1) is 10.2 Å². The van der Waals surface area contributed by atoms with Gasteiger partial charge in [-0.1, -0.05) is 23.4 Å². The van der Waals surface area contributed by atoms with Gasteiger partial charge in [-0.2, -0.15) is 0 Å². The molecule has 0 aliphatic heterocycles. The maximum absolute atomic E-state index is 12.1. The van der Waals surface area contributed by atoms with Crippen molar-refractivity contribution >= 4 is 40.6 Å². The molecule has 3 rings (SSSR count). The van der Waals surface area contributed by atoms with Gasteiger partial charge in [0.05, 0.1) is 28.5 Å². The number of nitrogens with one attached hydrogen (secondary N) is 1. The average Bonchev–Trinajstić information content (AvgIpc) is 3.17. The van der Waals surface area contributed by atoms with Crippen LogP contribution in [0.5, 0.6) is 5.75 Å². The highest BCUT2D eigenvalue weighted by atomic mass is 35.5. The van der Waals surface area contributed by atoms with Gasteiger partial charge in [-0.05, 0) is 30.3 Å². The number of ether oxygens (including phenoxy) is 1. The highest BCUT2D eigenvalue weighted by Gasteiger charge is 2.14. The number of nitro benzene ring substituents is 1. The van der Waals surface area contributed by atoms with Crippen LogP contribution >= 0.6 is 23.4 Å². The molecule has 0 unspecified atom stereocenters. The predicted octanol–water partition coefficient (Wildman–Crippen LogP) is 4.04. The molecule has 28 heavy (non-hydrogen) atoms. The summed E-state index contributed by atoms with van der Waals surface area (Å²) in [4.78, 5) is 22.4. The normalized spacial score (nSPS) is 10.5. The Morgan fingerprint density at radius 2 is 2.04 bits per heavy atom. The monoisotopic (exact) mass is 420 g/mol. The Kier molecular flexibility index (Phi) is 6.12. The first kappa shape index (κ1) is 19.6. The molecule has 0 aliphatic carbocycles. The third-order valence-electron chi connectivity index (χ3n) is 3.51. The molecule has 0 saturated heterocycles. The van der Waals surface area contributed by atoms with Crippen LogP contribution in [-0.2, 0) is 4.79 Å². The van der Waals surface area contributed by atoms with Crippen LogP contribution in [0.4, 0.5) is 11.4 Å². The zero-order chi connectivity index (χ0) is 20.1. The number of methoxy groups -OCH3 is 1. The van der Waals surface area contributed by atoms with Gasteiger partial charge in [0.25, 0.3) is 10.9 Å². The molecule has 0 radical (unpaired) electrons. The number of anilines is 1. The number of carbonyl (C=O) groups is 1. The maximum atomic E-state index is 12.1. The lowest BCUT2D eigenvalue weighted by atomic mass is 10.2. The third kappa shape index (κ3) is 4.78. The topological polar surface area (TPSA) is 120 Å². The Bertz CT molecular complexity index is 1010. The summed E-state index contributed by atoms with van der Waals surface area (Å²) in [6, 6.07) is 10.9. The lowest BCUT2D eigenvalue weighted by Gasteiger charge is -2.06. The van der Waals surface area contributed by atoms with Crippen LogP contribution in [0.2, 0.25) is 5.02 Å². The van der Waals surface area contributed by atoms with E-state index in [1.807, 2.05) is 0 Å². The molecule has 0 spiro atoms. The minimum absolute atomic E-state index is 0.0384. The number of rotatable bonds is 7. The van der Waals surface area contributed by atoms with Crippen LogP contribution in [-0.4, -0.2) is 33.9 Å². The van der Waals surface area contributed by atoms with Gasteiger partial charge < -0.3 is 14.5 Å². The number of benzene rings is 2. The van der Waals surface area contributed by atoms with Crippen LogP contribution in [0.15, 0.2) is 52.1 Å². The first-order valence-electron chi connectivity index (χ1n) is 7.81. The molecule has 0 fully saturated rings. The van der Waals surface area contributed by atoms with Gasteiger partial charge in [0.1, 0.15) is 5.75 Å². The molecule has 9 nitrogen and oxygen atoms in total. The van der Waals surface area contributed by atoms with E-state index in [0.29, 0.717) is 17.2 Å². The molecule has 0 aliphatic rings. The smallest absolute Gasteiger partial charge is 0.277 e. The van der Waals surface area contributed by atoms with Crippen LogP contribution in [0.3, 0.4) is 0 Å². The molecular formula is C17H13ClN4O5S. The lowest BCUT2D eigenvalue weighted by Crippen LogP contribution is -2.14. The van der Waals surface area contributed by atoms with Crippen LogP contribution in [0.1, 0.15) is 0 Å². The Balaban J connectivity index is 1.60. The first-order chi connectivity index (χ1) is 13.5. The summed E-state index contributed by atoms with van der Waals surface area (Å²) in [5.41, 5.74) is 0.701. The summed E-state index contributed by atoms with van der Waals surface area (Å²) >= 11 is 6.99. The molecule has 2 aromatic carbocycles. The van der Waals surface area contributed by atoms with E-state index in [1.165, 1.54) is 18.2 Å². The van der Waals surface area contributed by atoms with Gasteiger partial charge in [0.15, 0.2) is 0 Å². The minimum Gasteiger partial charge on any atom is -0.497 e. The Morgan fingerprint density at radius 1 is 1.29 bits per heavy atom. The van der Waals surface area contributed by atoms with Gasteiger partial charge >= 0.3 is 0 Å².